The maximum Gasteiger partial charge on any atom is 0.254 e. The van der Waals surface area contributed by atoms with E-state index in [9.17, 15) is 14.4 Å². The van der Waals surface area contributed by atoms with Gasteiger partial charge < -0.3 is 15.1 Å². The van der Waals surface area contributed by atoms with Gasteiger partial charge in [0, 0.05) is 36.1 Å². The van der Waals surface area contributed by atoms with Crippen molar-refractivity contribution >= 4 is 40.3 Å². The van der Waals surface area contributed by atoms with Crippen LogP contribution >= 0.6 is 11.8 Å². The molecule has 7 heteroatoms. The van der Waals surface area contributed by atoms with Gasteiger partial charge in [-0.3, -0.25) is 14.4 Å². The number of hydrogen-bond donors (Lipinski definition) is 1. The monoisotopic (exact) mass is 517 g/mol. The Balaban J connectivity index is 1.40. The molecular formula is C30H35N3O3S. The molecule has 0 spiro atoms. The molecule has 0 radical (unpaired) electrons. The number of thioether (sulfide) groups is 1. The molecule has 3 unspecified atom stereocenters. The molecule has 1 saturated heterocycles. The highest BCUT2D eigenvalue weighted by Gasteiger charge is 2.35. The highest BCUT2D eigenvalue weighted by Crippen LogP contribution is 2.23. The lowest BCUT2D eigenvalue weighted by Gasteiger charge is -2.41. The molecule has 3 amide bonds. The number of fused-ring (bicyclic) bond motifs is 1. The minimum atomic E-state index is -0.582. The number of piperazine rings is 1. The van der Waals surface area contributed by atoms with Crippen LogP contribution in [0.3, 0.4) is 0 Å². The van der Waals surface area contributed by atoms with Crippen LogP contribution in [0.15, 0.2) is 77.7 Å². The fourth-order valence-corrected chi connectivity index (χ4v) is 5.52. The summed E-state index contributed by atoms with van der Waals surface area (Å²) >= 11 is 1.46. The maximum absolute atomic E-state index is 13.6. The number of nitrogens with one attached hydrogen (secondary N) is 1. The fourth-order valence-electron chi connectivity index (χ4n) is 4.79. The number of rotatable bonds is 8. The van der Waals surface area contributed by atoms with Crippen molar-refractivity contribution < 1.29 is 14.4 Å². The first kappa shape index (κ1) is 26.7. The molecule has 3 atom stereocenters. The number of carbonyl (C=O) groups is 3. The molecule has 0 aromatic heterocycles. The summed E-state index contributed by atoms with van der Waals surface area (Å²) in [6.07, 6.45) is 0.775. The number of nitrogens with zero attached hydrogens (tertiary/aromatic N) is 2. The second-order valence-electron chi connectivity index (χ2n) is 9.69. The zero-order valence-corrected chi connectivity index (χ0v) is 22.5. The Labute approximate surface area is 223 Å². The first-order valence-corrected chi connectivity index (χ1v) is 13.9. The van der Waals surface area contributed by atoms with E-state index in [0.717, 1.165) is 22.1 Å². The Morgan fingerprint density at radius 2 is 1.68 bits per heavy atom. The van der Waals surface area contributed by atoms with Gasteiger partial charge in [0.05, 0.1) is 5.75 Å². The third kappa shape index (κ3) is 6.34. The first-order valence-electron chi connectivity index (χ1n) is 12.9. The van der Waals surface area contributed by atoms with E-state index in [4.69, 9.17) is 0 Å². The minimum Gasteiger partial charge on any atom is -0.343 e. The van der Waals surface area contributed by atoms with Crippen molar-refractivity contribution in [1.82, 2.24) is 15.1 Å². The van der Waals surface area contributed by atoms with Crippen LogP contribution in [0.1, 0.15) is 37.6 Å². The molecule has 1 N–H and O–H groups in total. The van der Waals surface area contributed by atoms with E-state index in [0.29, 0.717) is 25.2 Å². The van der Waals surface area contributed by atoms with Gasteiger partial charge in [0.25, 0.3) is 5.91 Å². The van der Waals surface area contributed by atoms with Gasteiger partial charge in [-0.1, -0.05) is 74.9 Å². The number of benzene rings is 3. The first-order chi connectivity index (χ1) is 17.9. The topological polar surface area (TPSA) is 69.7 Å². The van der Waals surface area contributed by atoms with Gasteiger partial charge in [-0.25, -0.2) is 0 Å². The summed E-state index contributed by atoms with van der Waals surface area (Å²) in [5, 5.41) is 4.97. The van der Waals surface area contributed by atoms with E-state index in [1.165, 1.54) is 11.8 Å². The van der Waals surface area contributed by atoms with Crippen LogP contribution in [-0.2, 0) is 9.59 Å². The summed E-state index contributed by atoms with van der Waals surface area (Å²) in [7, 11) is 0. The quantitative estimate of drug-likeness (QED) is 0.435. The van der Waals surface area contributed by atoms with Crippen molar-refractivity contribution in [2.45, 2.75) is 44.2 Å². The predicted molar refractivity (Wildman–Crippen MR) is 150 cm³/mol. The van der Waals surface area contributed by atoms with E-state index in [1.54, 1.807) is 4.90 Å². The molecule has 1 heterocycles. The highest BCUT2D eigenvalue weighted by molar-refractivity contribution is 8.00. The van der Waals surface area contributed by atoms with Gasteiger partial charge in [-0.05, 0) is 41.8 Å². The van der Waals surface area contributed by atoms with Crippen LogP contribution in [0.4, 0.5) is 0 Å². The van der Waals surface area contributed by atoms with Crippen molar-refractivity contribution in [2.24, 2.45) is 5.92 Å². The molecule has 37 heavy (non-hydrogen) atoms. The Morgan fingerprint density at radius 3 is 2.41 bits per heavy atom. The summed E-state index contributed by atoms with van der Waals surface area (Å²) in [6, 6.07) is 22.7. The molecule has 1 aliphatic rings. The van der Waals surface area contributed by atoms with Gasteiger partial charge in [0.15, 0.2) is 0 Å². The molecule has 194 valence electrons. The van der Waals surface area contributed by atoms with E-state index >= 15 is 0 Å². The highest BCUT2D eigenvalue weighted by atomic mass is 32.2. The van der Waals surface area contributed by atoms with E-state index in [2.05, 4.69) is 5.32 Å². The van der Waals surface area contributed by atoms with E-state index in [1.807, 2.05) is 98.5 Å². The SMILES string of the molecule is CCC(C)C(NC(=O)CSc1ccccc1)C(=O)N1CCN(C(=O)c2cccc3ccccc23)C(C)C1. The van der Waals surface area contributed by atoms with Gasteiger partial charge in [0.2, 0.25) is 11.8 Å². The molecule has 4 rings (SSSR count). The van der Waals surface area contributed by atoms with Crippen molar-refractivity contribution in [2.75, 3.05) is 25.4 Å². The van der Waals surface area contributed by atoms with Gasteiger partial charge >= 0.3 is 0 Å². The molecule has 0 saturated carbocycles. The van der Waals surface area contributed by atoms with Crippen LogP contribution in [0.2, 0.25) is 0 Å². The number of carbonyl (C=O) groups excluding carboxylic acids is 3. The second kappa shape index (κ2) is 12.3. The standard InChI is InChI=1S/C30H35N3O3S/c1-4-21(2)28(31-27(34)20-37-24-13-6-5-7-14-24)30(36)32-17-18-33(22(3)19-32)29(35)26-16-10-12-23-11-8-9-15-25(23)26/h5-16,21-22,28H,4,17-20H2,1-3H3,(H,31,34). The lowest BCUT2D eigenvalue weighted by Crippen LogP contribution is -2.60. The Bertz CT molecular complexity index is 1240. The van der Waals surface area contributed by atoms with Crippen LogP contribution in [0.5, 0.6) is 0 Å². The lowest BCUT2D eigenvalue weighted by molar-refractivity contribution is -0.139. The molecule has 1 fully saturated rings. The molecule has 0 bridgehead atoms. The second-order valence-corrected chi connectivity index (χ2v) is 10.7. The van der Waals surface area contributed by atoms with Gasteiger partial charge in [0.1, 0.15) is 6.04 Å². The normalized spacial score (nSPS) is 17.3. The van der Waals surface area contributed by atoms with Crippen molar-refractivity contribution in [3.8, 4) is 0 Å². The molecule has 0 aliphatic carbocycles. The maximum atomic E-state index is 13.6. The molecular weight excluding hydrogens is 482 g/mol. The van der Waals surface area contributed by atoms with Crippen LogP contribution < -0.4 is 5.32 Å². The Kier molecular flexibility index (Phi) is 8.87. The Hall–Kier alpha value is -3.32. The van der Waals surface area contributed by atoms with Crippen LogP contribution in [-0.4, -0.2) is 65.0 Å². The third-order valence-electron chi connectivity index (χ3n) is 7.13. The average molecular weight is 518 g/mol. The third-order valence-corrected chi connectivity index (χ3v) is 8.14. The summed E-state index contributed by atoms with van der Waals surface area (Å²) in [4.78, 5) is 44.5. The van der Waals surface area contributed by atoms with Crippen molar-refractivity contribution in [3.63, 3.8) is 0 Å². The molecule has 3 aromatic carbocycles. The van der Waals surface area contributed by atoms with Crippen molar-refractivity contribution in [3.05, 3.63) is 78.4 Å². The van der Waals surface area contributed by atoms with E-state index in [-0.39, 0.29) is 35.4 Å². The largest absolute Gasteiger partial charge is 0.343 e. The van der Waals surface area contributed by atoms with Crippen molar-refractivity contribution in [1.29, 1.82) is 0 Å². The fraction of sp³-hybridized carbons (Fsp3) is 0.367. The number of hydrogen-bond acceptors (Lipinski definition) is 4. The summed E-state index contributed by atoms with van der Waals surface area (Å²) in [5.41, 5.74) is 0.686. The van der Waals surface area contributed by atoms with Crippen LogP contribution in [0, 0.1) is 5.92 Å². The zero-order chi connectivity index (χ0) is 26.4. The summed E-state index contributed by atoms with van der Waals surface area (Å²) < 4.78 is 0. The van der Waals surface area contributed by atoms with Crippen LogP contribution in [0.25, 0.3) is 10.8 Å². The minimum absolute atomic E-state index is 0.00354. The zero-order valence-electron chi connectivity index (χ0n) is 21.7. The molecule has 6 nitrogen and oxygen atoms in total. The lowest BCUT2D eigenvalue weighted by atomic mass is 9.97. The Morgan fingerprint density at radius 1 is 0.973 bits per heavy atom. The van der Waals surface area contributed by atoms with Gasteiger partial charge in [-0.2, -0.15) is 0 Å². The number of amides is 3. The van der Waals surface area contributed by atoms with Gasteiger partial charge in [-0.15, -0.1) is 11.8 Å². The molecule has 1 aliphatic heterocycles. The van der Waals surface area contributed by atoms with E-state index < -0.39 is 6.04 Å². The smallest absolute Gasteiger partial charge is 0.254 e. The predicted octanol–water partition coefficient (Wildman–Crippen LogP) is 4.84. The summed E-state index contributed by atoms with van der Waals surface area (Å²) in [5.74, 6) is 0.0280. The summed E-state index contributed by atoms with van der Waals surface area (Å²) in [6.45, 7) is 7.35. The average Bonchev–Trinajstić information content (AvgIpc) is 2.93. The molecule has 3 aromatic rings.